The van der Waals surface area contributed by atoms with Crippen LogP contribution in [0.4, 0.5) is 5.69 Å². The van der Waals surface area contributed by atoms with Crippen molar-refractivity contribution >= 4 is 5.69 Å². The molecule has 2 atom stereocenters. The van der Waals surface area contributed by atoms with Crippen LogP contribution in [0.2, 0.25) is 0 Å². The van der Waals surface area contributed by atoms with E-state index < -0.39 is 4.92 Å². The lowest BCUT2D eigenvalue weighted by Crippen LogP contribution is -2.29. The van der Waals surface area contributed by atoms with Gasteiger partial charge in [0, 0.05) is 19.2 Å². The molecule has 1 aliphatic rings. The van der Waals surface area contributed by atoms with Crippen molar-refractivity contribution in [3.63, 3.8) is 0 Å². The van der Waals surface area contributed by atoms with E-state index in [2.05, 4.69) is 4.90 Å². The van der Waals surface area contributed by atoms with Gasteiger partial charge in [-0.15, -0.1) is 0 Å². The minimum atomic E-state index is -0.428. The number of nitrogens with zero attached hydrogens (tertiary/aromatic N) is 2. The highest BCUT2D eigenvalue weighted by Gasteiger charge is 2.26. The molecule has 116 valence electrons. The predicted octanol–water partition coefficient (Wildman–Crippen LogP) is 2.20. The van der Waals surface area contributed by atoms with E-state index in [0.717, 1.165) is 31.4 Å². The van der Waals surface area contributed by atoms with Crippen LogP contribution in [-0.2, 0) is 6.54 Å². The van der Waals surface area contributed by atoms with Crippen molar-refractivity contribution in [1.82, 2.24) is 4.90 Å². The van der Waals surface area contributed by atoms with Gasteiger partial charge in [0.1, 0.15) is 0 Å². The van der Waals surface area contributed by atoms with Gasteiger partial charge in [-0.3, -0.25) is 10.1 Å². The number of hydrogen-bond donors (Lipinski definition) is 1. The fourth-order valence-corrected chi connectivity index (χ4v) is 2.98. The Bertz CT molecular complexity index is 506. The highest BCUT2D eigenvalue weighted by atomic mass is 16.6. The van der Waals surface area contributed by atoms with Gasteiger partial charge in [0.15, 0.2) is 5.75 Å². The fourth-order valence-electron chi connectivity index (χ4n) is 2.98. The quantitative estimate of drug-likeness (QED) is 0.643. The molecule has 0 saturated heterocycles. The topological polar surface area (TPSA) is 75.8 Å². The summed E-state index contributed by atoms with van der Waals surface area (Å²) < 4.78 is 5.00. The number of benzene rings is 1. The first kappa shape index (κ1) is 15.7. The predicted molar refractivity (Wildman–Crippen MR) is 79.3 cm³/mol. The first-order valence-electron chi connectivity index (χ1n) is 7.19. The van der Waals surface area contributed by atoms with Crippen LogP contribution >= 0.6 is 0 Å². The molecule has 2 rings (SSSR count). The third kappa shape index (κ3) is 3.92. The molecule has 1 N–H and O–H groups in total. The Labute approximate surface area is 124 Å². The standard InChI is InChI=1S/C15H22N2O4/c1-16(10-12-4-3-5-14(12)18)9-11-6-7-15(21-2)13(8-11)17(19)20/h6-8,12,14,18H,3-5,9-10H2,1-2H3. The smallest absolute Gasteiger partial charge is 0.311 e. The van der Waals surface area contributed by atoms with Gasteiger partial charge in [-0.2, -0.15) is 0 Å². The van der Waals surface area contributed by atoms with Gasteiger partial charge < -0.3 is 14.7 Å². The summed E-state index contributed by atoms with van der Waals surface area (Å²) in [4.78, 5) is 12.7. The Morgan fingerprint density at radius 3 is 2.81 bits per heavy atom. The van der Waals surface area contributed by atoms with Crippen molar-refractivity contribution in [2.24, 2.45) is 5.92 Å². The Morgan fingerprint density at radius 1 is 1.48 bits per heavy atom. The zero-order valence-corrected chi connectivity index (χ0v) is 12.5. The summed E-state index contributed by atoms with van der Waals surface area (Å²) in [6.45, 7) is 1.43. The zero-order valence-electron chi connectivity index (χ0n) is 12.5. The van der Waals surface area contributed by atoms with E-state index in [4.69, 9.17) is 4.74 Å². The highest BCUT2D eigenvalue weighted by Crippen LogP contribution is 2.29. The molecule has 0 radical (unpaired) electrons. The Hall–Kier alpha value is -1.66. The van der Waals surface area contributed by atoms with Crippen LogP contribution in [0.15, 0.2) is 18.2 Å². The van der Waals surface area contributed by atoms with E-state index in [1.165, 1.54) is 7.11 Å². The van der Waals surface area contributed by atoms with E-state index >= 15 is 0 Å². The number of methoxy groups -OCH3 is 1. The van der Waals surface area contributed by atoms with E-state index in [-0.39, 0.29) is 17.5 Å². The van der Waals surface area contributed by atoms with Crippen molar-refractivity contribution in [3.05, 3.63) is 33.9 Å². The monoisotopic (exact) mass is 294 g/mol. The van der Waals surface area contributed by atoms with E-state index in [9.17, 15) is 15.2 Å². The van der Waals surface area contributed by atoms with Crippen LogP contribution in [0.3, 0.4) is 0 Å². The van der Waals surface area contributed by atoms with Gasteiger partial charge in [0.05, 0.1) is 18.1 Å². The third-order valence-electron chi connectivity index (χ3n) is 4.06. The largest absolute Gasteiger partial charge is 0.490 e. The first-order chi connectivity index (χ1) is 10.0. The molecule has 2 unspecified atom stereocenters. The maximum absolute atomic E-state index is 11.0. The van der Waals surface area contributed by atoms with Crippen molar-refractivity contribution in [2.75, 3.05) is 20.7 Å². The minimum absolute atomic E-state index is 0.00991. The number of aliphatic hydroxyl groups excluding tert-OH is 1. The van der Waals surface area contributed by atoms with Crippen LogP contribution in [-0.4, -0.2) is 41.7 Å². The summed E-state index contributed by atoms with van der Waals surface area (Å²) in [5.41, 5.74) is 0.863. The number of aliphatic hydroxyl groups is 1. The number of nitro benzene ring substituents is 1. The second-order valence-electron chi connectivity index (χ2n) is 5.72. The molecule has 21 heavy (non-hydrogen) atoms. The molecule has 6 nitrogen and oxygen atoms in total. The fraction of sp³-hybridized carbons (Fsp3) is 0.600. The van der Waals surface area contributed by atoms with Gasteiger partial charge in [-0.1, -0.05) is 12.5 Å². The highest BCUT2D eigenvalue weighted by molar-refractivity contribution is 5.48. The normalized spacial score (nSPS) is 21.7. The van der Waals surface area contributed by atoms with Crippen molar-refractivity contribution < 1.29 is 14.8 Å². The molecular formula is C15H22N2O4. The average molecular weight is 294 g/mol. The van der Waals surface area contributed by atoms with Crippen LogP contribution in [0, 0.1) is 16.0 Å². The SMILES string of the molecule is COc1ccc(CN(C)CC2CCCC2O)cc1[N+](=O)[O-]. The molecule has 0 amide bonds. The first-order valence-corrected chi connectivity index (χ1v) is 7.19. The van der Waals surface area contributed by atoms with Crippen molar-refractivity contribution in [1.29, 1.82) is 0 Å². The van der Waals surface area contributed by atoms with E-state index in [0.29, 0.717) is 12.5 Å². The molecule has 1 aromatic rings. The maximum atomic E-state index is 11.0. The summed E-state index contributed by atoms with van der Waals surface area (Å²) in [5.74, 6) is 0.584. The summed E-state index contributed by atoms with van der Waals surface area (Å²) in [7, 11) is 3.40. The summed E-state index contributed by atoms with van der Waals surface area (Å²) in [6.07, 6.45) is 2.80. The molecule has 1 aliphatic carbocycles. The minimum Gasteiger partial charge on any atom is -0.490 e. The van der Waals surface area contributed by atoms with Crippen molar-refractivity contribution in [3.8, 4) is 5.75 Å². The summed E-state index contributed by atoms with van der Waals surface area (Å²) in [6, 6.07) is 5.03. The lowest BCUT2D eigenvalue weighted by molar-refractivity contribution is -0.385. The molecule has 1 saturated carbocycles. The lowest BCUT2D eigenvalue weighted by atomic mass is 10.1. The second kappa shape index (κ2) is 6.87. The Balaban J connectivity index is 2.01. The second-order valence-corrected chi connectivity index (χ2v) is 5.72. The zero-order chi connectivity index (χ0) is 15.4. The van der Waals surface area contributed by atoms with Crippen LogP contribution in [0.1, 0.15) is 24.8 Å². The molecule has 0 spiro atoms. The number of nitro groups is 1. The average Bonchev–Trinajstić information content (AvgIpc) is 2.84. The molecule has 1 fully saturated rings. The number of rotatable bonds is 6. The molecular weight excluding hydrogens is 272 g/mol. The summed E-state index contributed by atoms with van der Waals surface area (Å²) >= 11 is 0. The Morgan fingerprint density at radius 2 is 2.24 bits per heavy atom. The molecule has 0 aromatic heterocycles. The van der Waals surface area contributed by atoms with E-state index in [1.54, 1.807) is 12.1 Å². The molecule has 0 bridgehead atoms. The third-order valence-corrected chi connectivity index (χ3v) is 4.06. The van der Waals surface area contributed by atoms with Crippen LogP contribution in [0.5, 0.6) is 5.75 Å². The Kier molecular flexibility index (Phi) is 5.14. The summed E-state index contributed by atoms with van der Waals surface area (Å²) in [5, 5.41) is 20.9. The number of ether oxygens (including phenoxy) is 1. The van der Waals surface area contributed by atoms with Gasteiger partial charge in [0.25, 0.3) is 0 Å². The molecule has 1 aromatic carbocycles. The molecule has 0 aliphatic heterocycles. The maximum Gasteiger partial charge on any atom is 0.311 e. The van der Waals surface area contributed by atoms with Gasteiger partial charge in [0.2, 0.25) is 0 Å². The lowest BCUT2D eigenvalue weighted by Gasteiger charge is -2.23. The van der Waals surface area contributed by atoms with Crippen molar-refractivity contribution in [2.45, 2.75) is 31.9 Å². The number of hydrogen-bond acceptors (Lipinski definition) is 5. The molecule has 6 heteroatoms. The van der Waals surface area contributed by atoms with Crippen LogP contribution < -0.4 is 4.74 Å². The van der Waals surface area contributed by atoms with E-state index in [1.807, 2.05) is 13.1 Å². The van der Waals surface area contributed by atoms with Gasteiger partial charge >= 0.3 is 5.69 Å². The van der Waals surface area contributed by atoms with Gasteiger partial charge in [-0.05, 0) is 37.4 Å². The van der Waals surface area contributed by atoms with Gasteiger partial charge in [-0.25, -0.2) is 0 Å². The molecule has 0 heterocycles. The van der Waals surface area contributed by atoms with Crippen LogP contribution in [0.25, 0.3) is 0 Å².